The molecule has 0 radical (unpaired) electrons. The highest BCUT2D eigenvalue weighted by molar-refractivity contribution is 8.18. The summed E-state index contributed by atoms with van der Waals surface area (Å²) in [7, 11) is 0. The fourth-order valence-corrected chi connectivity index (χ4v) is 4.78. The van der Waals surface area contributed by atoms with Crippen molar-refractivity contribution in [2.45, 2.75) is 37.3 Å². The van der Waals surface area contributed by atoms with Crippen molar-refractivity contribution >= 4 is 23.5 Å². The normalized spacial score (nSPS) is 25.8. The van der Waals surface area contributed by atoms with Crippen molar-refractivity contribution in [3.05, 3.63) is 0 Å². The summed E-state index contributed by atoms with van der Waals surface area (Å²) in [6, 6.07) is 0.327. The van der Waals surface area contributed by atoms with Gasteiger partial charge in [0.2, 0.25) is 0 Å². The molecule has 0 aromatic heterocycles. The lowest BCUT2D eigenvalue weighted by atomic mass is 10.0. The molecule has 1 rings (SSSR count). The van der Waals surface area contributed by atoms with E-state index in [0.717, 1.165) is 0 Å². The van der Waals surface area contributed by atoms with Crippen molar-refractivity contribution in [2.24, 2.45) is 11.7 Å². The van der Waals surface area contributed by atoms with E-state index >= 15 is 0 Å². The predicted molar refractivity (Wildman–Crippen MR) is 60.8 cm³/mol. The second kappa shape index (κ2) is 4.25. The first-order chi connectivity index (χ1) is 5.56. The third kappa shape index (κ3) is 2.33. The second-order valence-electron chi connectivity index (χ2n) is 3.84. The molecule has 72 valence electrons. The maximum Gasteiger partial charge on any atom is 0.0735 e. The maximum atomic E-state index is 6.18. The third-order valence-electron chi connectivity index (χ3n) is 2.39. The fourth-order valence-electron chi connectivity index (χ4n) is 1.45. The Bertz CT molecular complexity index is 141. The van der Waals surface area contributed by atoms with Crippen LogP contribution in [0.15, 0.2) is 0 Å². The highest BCUT2D eigenvalue weighted by Gasteiger charge is 2.36. The summed E-state index contributed by atoms with van der Waals surface area (Å²) >= 11 is 4.08. The molecular formula is C9H19NS2. The molecule has 3 heteroatoms. The number of thioether (sulfide) groups is 2. The fraction of sp³-hybridized carbons (Fsp3) is 1.00. The molecule has 0 aromatic rings. The quantitative estimate of drug-likeness (QED) is 0.750. The minimum absolute atomic E-state index is 0.270. The summed E-state index contributed by atoms with van der Waals surface area (Å²) in [5, 5.41) is 0. The van der Waals surface area contributed by atoms with Crippen molar-refractivity contribution in [1.29, 1.82) is 0 Å². The van der Waals surface area contributed by atoms with Crippen LogP contribution in [0.3, 0.4) is 0 Å². The molecule has 1 heterocycles. The highest BCUT2D eigenvalue weighted by atomic mass is 32.2. The van der Waals surface area contributed by atoms with Gasteiger partial charge in [-0.05, 0) is 30.8 Å². The molecule has 1 aliphatic rings. The van der Waals surface area contributed by atoms with Gasteiger partial charge in [0.1, 0.15) is 0 Å². The van der Waals surface area contributed by atoms with E-state index < -0.39 is 0 Å². The molecule has 0 bridgehead atoms. The van der Waals surface area contributed by atoms with Crippen LogP contribution >= 0.6 is 23.5 Å². The standard InChI is InChI=1S/C9H19NS2/c1-7(2)8(10)9(3)11-5-4-6-12-9/h7-8H,4-6,10H2,1-3H3/t8-/m0/s1. The van der Waals surface area contributed by atoms with Gasteiger partial charge < -0.3 is 5.73 Å². The van der Waals surface area contributed by atoms with E-state index in [1.165, 1.54) is 17.9 Å². The first kappa shape index (κ1) is 10.7. The molecule has 0 saturated carbocycles. The maximum absolute atomic E-state index is 6.18. The lowest BCUT2D eigenvalue weighted by molar-refractivity contribution is 0.469. The van der Waals surface area contributed by atoms with Gasteiger partial charge in [-0.2, -0.15) is 0 Å². The van der Waals surface area contributed by atoms with Crippen LogP contribution in [0.4, 0.5) is 0 Å². The molecule has 0 aromatic carbocycles. The van der Waals surface area contributed by atoms with Crippen LogP contribution in [0.25, 0.3) is 0 Å². The first-order valence-electron chi connectivity index (χ1n) is 4.60. The Morgan fingerprint density at radius 3 is 2.17 bits per heavy atom. The van der Waals surface area contributed by atoms with Gasteiger partial charge >= 0.3 is 0 Å². The highest BCUT2D eigenvalue weighted by Crippen LogP contribution is 2.45. The van der Waals surface area contributed by atoms with Crippen LogP contribution in [-0.2, 0) is 0 Å². The Morgan fingerprint density at radius 1 is 1.25 bits per heavy atom. The van der Waals surface area contributed by atoms with Gasteiger partial charge in [0.25, 0.3) is 0 Å². The molecule has 1 aliphatic heterocycles. The van der Waals surface area contributed by atoms with Crippen LogP contribution < -0.4 is 5.73 Å². The summed E-state index contributed by atoms with van der Waals surface area (Å²) in [5.74, 6) is 3.15. The average Bonchev–Trinajstić information content (AvgIpc) is 2.04. The van der Waals surface area contributed by atoms with E-state index in [-0.39, 0.29) is 4.08 Å². The van der Waals surface area contributed by atoms with Crippen LogP contribution in [0.2, 0.25) is 0 Å². The summed E-state index contributed by atoms with van der Waals surface area (Å²) in [6.45, 7) is 6.73. The number of nitrogens with two attached hydrogens (primary N) is 1. The summed E-state index contributed by atoms with van der Waals surface area (Å²) in [4.78, 5) is 0. The van der Waals surface area contributed by atoms with Crippen molar-refractivity contribution in [3.63, 3.8) is 0 Å². The second-order valence-corrected chi connectivity index (χ2v) is 7.18. The average molecular weight is 205 g/mol. The topological polar surface area (TPSA) is 26.0 Å². The van der Waals surface area contributed by atoms with Crippen LogP contribution in [0.5, 0.6) is 0 Å². The van der Waals surface area contributed by atoms with Crippen LogP contribution in [-0.4, -0.2) is 21.6 Å². The molecule has 1 nitrogen and oxygen atoms in total. The van der Waals surface area contributed by atoms with E-state index in [9.17, 15) is 0 Å². The van der Waals surface area contributed by atoms with Crippen molar-refractivity contribution in [3.8, 4) is 0 Å². The molecule has 2 N–H and O–H groups in total. The zero-order chi connectivity index (χ0) is 9.19. The summed E-state index contributed by atoms with van der Waals surface area (Å²) in [6.07, 6.45) is 1.34. The smallest absolute Gasteiger partial charge is 0.0735 e. The van der Waals surface area contributed by atoms with Crippen molar-refractivity contribution in [1.82, 2.24) is 0 Å². The Kier molecular flexibility index (Phi) is 3.80. The number of hydrogen-bond acceptors (Lipinski definition) is 3. The van der Waals surface area contributed by atoms with E-state index in [2.05, 4.69) is 20.8 Å². The Hall–Kier alpha value is 0.660. The van der Waals surface area contributed by atoms with Gasteiger partial charge in [-0.3, -0.25) is 0 Å². The first-order valence-corrected chi connectivity index (χ1v) is 6.57. The minimum Gasteiger partial charge on any atom is -0.326 e. The Labute approximate surface area is 84.2 Å². The molecule has 0 amide bonds. The molecule has 1 atom stereocenters. The monoisotopic (exact) mass is 205 g/mol. The predicted octanol–water partition coefficient (Wildman–Crippen LogP) is 2.56. The Balaban J connectivity index is 2.56. The van der Waals surface area contributed by atoms with E-state index in [0.29, 0.717) is 12.0 Å². The van der Waals surface area contributed by atoms with Gasteiger partial charge in [0, 0.05) is 6.04 Å². The molecule has 1 saturated heterocycles. The SMILES string of the molecule is CC(C)[C@H](N)C1(C)SCCCS1. The number of hydrogen-bond donors (Lipinski definition) is 1. The van der Waals surface area contributed by atoms with Gasteiger partial charge in [0.05, 0.1) is 4.08 Å². The molecule has 0 aliphatic carbocycles. The van der Waals surface area contributed by atoms with E-state index in [4.69, 9.17) is 5.73 Å². The Morgan fingerprint density at radius 2 is 1.75 bits per heavy atom. The lowest BCUT2D eigenvalue weighted by Gasteiger charge is -2.39. The van der Waals surface area contributed by atoms with E-state index in [1.54, 1.807) is 0 Å². The zero-order valence-electron chi connectivity index (χ0n) is 8.17. The molecule has 1 fully saturated rings. The van der Waals surface area contributed by atoms with Gasteiger partial charge in [0.15, 0.2) is 0 Å². The lowest BCUT2D eigenvalue weighted by Crippen LogP contribution is -2.45. The van der Waals surface area contributed by atoms with Gasteiger partial charge in [-0.15, -0.1) is 23.5 Å². The molecule has 0 unspecified atom stereocenters. The van der Waals surface area contributed by atoms with Gasteiger partial charge in [-0.1, -0.05) is 13.8 Å². The van der Waals surface area contributed by atoms with Crippen LogP contribution in [0, 0.1) is 5.92 Å². The van der Waals surface area contributed by atoms with E-state index in [1.807, 2.05) is 23.5 Å². The van der Waals surface area contributed by atoms with Gasteiger partial charge in [-0.25, -0.2) is 0 Å². The molecule has 0 spiro atoms. The zero-order valence-corrected chi connectivity index (χ0v) is 9.80. The van der Waals surface area contributed by atoms with Crippen molar-refractivity contribution < 1.29 is 0 Å². The van der Waals surface area contributed by atoms with Crippen molar-refractivity contribution in [2.75, 3.05) is 11.5 Å². The minimum atomic E-state index is 0.270. The molecule has 12 heavy (non-hydrogen) atoms. The largest absolute Gasteiger partial charge is 0.326 e. The summed E-state index contributed by atoms with van der Waals surface area (Å²) < 4.78 is 0.270. The number of rotatable bonds is 2. The summed E-state index contributed by atoms with van der Waals surface area (Å²) in [5.41, 5.74) is 6.18. The van der Waals surface area contributed by atoms with Crippen LogP contribution in [0.1, 0.15) is 27.2 Å². The molecular weight excluding hydrogens is 186 g/mol. The third-order valence-corrected chi connectivity index (χ3v) is 5.77.